The second-order valence-corrected chi connectivity index (χ2v) is 4.07. The summed E-state index contributed by atoms with van der Waals surface area (Å²) in [5, 5.41) is 3.63. The molecule has 1 aromatic heterocycles. The predicted molar refractivity (Wildman–Crippen MR) is 68.4 cm³/mol. The van der Waals surface area contributed by atoms with Gasteiger partial charge in [-0.3, -0.25) is 4.98 Å². The van der Waals surface area contributed by atoms with Crippen molar-refractivity contribution >= 4 is 21.7 Å². The third-order valence-electron chi connectivity index (χ3n) is 3.01. The predicted octanol–water partition coefficient (Wildman–Crippen LogP) is 3.88. The lowest BCUT2D eigenvalue weighted by molar-refractivity contribution is 1.36. The number of fused-ring (bicyclic) bond motifs is 3. The average molecular weight is 206 g/mol. The molecule has 0 aliphatic heterocycles. The van der Waals surface area contributed by atoms with Crippen molar-refractivity contribution in [1.82, 2.24) is 4.98 Å². The van der Waals surface area contributed by atoms with Crippen molar-refractivity contribution in [3.8, 4) is 0 Å². The van der Waals surface area contributed by atoms with Gasteiger partial charge in [0.05, 0.1) is 5.52 Å². The Morgan fingerprint density at radius 2 is 1.69 bits per heavy atom. The highest BCUT2D eigenvalue weighted by atomic mass is 14.7. The normalized spacial score (nSPS) is 11.1. The fourth-order valence-corrected chi connectivity index (χ4v) is 2.25. The molecule has 0 N–H and O–H groups in total. The van der Waals surface area contributed by atoms with Crippen LogP contribution in [0.15, 0.2) is 42.5 Å². The van der Waals surface area contributed by atoms with E-state index in [0.29, 0.717) is 0 Å². The number of rotatable bonds is 0. The molecule has 0 atom stereocenters. The number of benzene rings is 2. The van der Waals surface area contributed by atoms with Crippen LogP contribution in [-0.4, -0.2) is 4.98 Å². The summed E-state index contributed by atoms with van der Waals surface area (Å²) in [6.45, 7) is 6.14. The van der Waals surface area contributed by atoms with Crippen LogP contribution in [0.4, 0.5) is 0 Å². The molecule has 0 spiro atoms. The highest BCUT2D eigenvalue weighted by Gasteiger charge is 2.06. The fourth-order valence-electron chi connectivity index (χ4n) is 2.25. The molecule has 0 unspecified atom stereocenters. The summed E-state index contributed by atoms with van der Waals surface area (Å²) in [4.78, 5) is 4.55. The van der Waals surface area contributed by atoms with Crippen LogP contribution < -0.4 is 0 Å². The maximum absolute atomic E-state index is 4.55. The molecule has 2 aromatic carbocycles. The van der Waals surface area contributed by atoms with Crippen LogP contribution in [0.1, 0.15) is 11.3 Å². The SMILES string of the molecule is [CH2]c1nc2cccc(C)c2c2ccccc12. The Morgan fingerprint density at radius 1 is 0.938 bits per heavy atom. The molecular weight excluding hydrogens is 194 g/mol. The molecule has 0 aliphatic rings. The number of hydrogen-bond donors (Lipinski definition) is 0. The summed E-state index contributed by atoms with van der Waals surface area (Å²) in [6.07, 6.45) is 0. The van der Waals surface area contributed by atoms with E-state index in [9.17, 15) is 0 Å². The Balaban J connectivity index is 2.67. The molecule has 0 amide bonds. The summed E-state index contributed by atoms with van der Waals surface area (Å²) in [6, 6.07) is 14.5. The first-order valence-corrected chi connectivity index (χ1v) is 5.37. The Morgan fingerprint density at radius 3 is 2.50 bits per heavy atom. The van der Waals surface area contributed by atoms with E-state index < -0.39 is 0 Å². The molecule has 1 radical (unpaired) electrons. The van der Waals surface area contributed by atoms with Crippen LogP contribution >= 0.6 is 0 Å². The van der Waals surface area contributed by atoms with E-state index in [1.54, 1.807) is 0 Å². The number of aromatic nitrogens is 1. The first-order chi connectivity index (χ1) is 7.77. The van der Waals surface area contributed by atoms with E-state index in [-0.39, 0.29) is 0 Å². The van der Waals surface area contributed by atoms with Crippen LogP contribution in [0.25, 0.3) is 21.7 Å². The Hall–Kier alpha value is -1.89. The first-order valence-electron chi connectivity index (χ1n) is 5.37. The van der Waals surface area contributed by atoms with Gasteiger partial charge in [-0.1, -0.05) is 36.4 Å². The van der Waals surface area contributed by atoms with Gasteiger partial charge in [0.1, 0.15) is 0 Å². The second kappa shape index (κ2) is 3.31. The summed E-state index contributed by atoms with van der Waals surface area (Å²) >= 11 is 0. The van der Waals surface area contributed by atoms with Crippen molar-refractivity contribution in [1.29, 1.82) is 0 Å². The number of aryl methyl sites for hydroxylation is 1. The highest BCUT2D eigenvalue weighted by molar-refractivity contribution is 6.08. The van der Waals surface area contributed by atoms with Crippen molar-refractivity contribution in [2.75, 3.05) is 0 Å². The van der Waals surface area contributed by atoms with Crippen LogP contribution in [0.3, 0.4) is 0 Å². The summed E-state index contributed by atoms with van der Waals surface area (Å²) in [7, 11) is 0. The maximum Gasteiger partial charge on any atom is 0.0714 e. The zero-order chi connectivity index (χ0) is 11.1. The molecule has 0 saturated heterocycles. The minimum Gasteiger partial charge on any atom is -0.252 e. The third kappa shape index (κ3) is 1.21. The summed E-state index contributed by atoms with van der Waals surface area (Å²) in [5.41, 5.74) is 3.15. The molecule has 0 aliphatic carbocycles. The number of hydrogen-bond acceptors (Lipinski definition) is 1. The molecular formula is C15H12N. The molecule has 3 rings (SSSR count). The lowest BCUT2D eigenvalue weighted by Gasteiger charge is -2.08. The Labute approximate surface area is 94.7 Å². The quantitative estimate of drug-likeness (QED) is 0.509. The van der Waals surface area contributed by atoms with Crippen molar-refractivity contribution in [3.63, 3.8) is 0 Å². The largest absolute Gasteiger partial charge is 0.252 e. The molecule has 0 bridgehead atoms. The zero-order valence-electron chi connectivity index (χ0n) is 9.20. The maximum atomic E-state index is 4.55. The second-order valence-electron chi connectivity index (χ2n) is 4.07. The van der Waals surface area contributed by atoms with Gasteiger partial charge < -0.3 is 0 Å². The number of nitrogens with zero attached hydrogens (tertiary/aromatic N) is 1. The minimum absolute atomic E-state index is 0.855. The smallest absolute Gasteiger partial charge is 0.0714 e. The van der Waals surface area contributed by atoms with E-state index in [0.717, 1.165) is 16.6 Å². The van der Waals surface area contributed by atoms with E-state index in [1.165, 1.54) is 16.3 Å². The van der Waals surface area contributed by atoms with Gasteiger partial charge in [0.25, 0.3) is 0 Å². The fraction of sp³-hybridized carbons (Fsp3) is 0.0667. The Kier molecular flexibility index (Phi) is 1.93. The average Bonchev–Trinajstić information content (AvgIpc) is 2.29. The van der Waals surface area contributed by atoms with Crippen molar-refractivity contribution < 1.29 is 0 Å². The van der Waals surface area contributed by atoms with E-state index in [1.807, 2.05) is 18.2 Å². The summed E-state index contributed by atoms with van der Waals surface area (Å²) < 4.78 is 0. The zero-order valence-corrected chi connectivity index (χ0v) is 9.20. The molecule has 1 heteroatoms. The van der Waals surface area contributed by atoms with Gasteiger partial charge in [0.2, 0.25) is 0 Å². The topological polar surface area (TPSA) is 12.9 Å². The molecule has 16 heavy (non-hydrogen) atoms. The van der Waals surface area contributed by atoms with Crippen molar-refractivity contribution in [2.45, 2.75) is 6.92 Å². The van der Waals surface area contributed by atoms with E-state index >= 15 is 0 Å². The van der Waals surface area contributed by atoms with E-state index in [4.69, 9.17) is 0 Å². The minimum atomic E-state index is 0.855. The Bertz CT molecular complexity index is 683. The molecule has 3 aromatic rings. The van der Waals surface area contributed by atoms with Crippen LogP contribution in [0.5, 0.6) is 0 Å². The molecule has 0 fully saturated rings. The van der Waals surface area contributed by atoms with Gasteiger partial charge in [-0.05, 0) is 30.9 Å². The highest BCUT2D eigenvalue weighted by Crippen LogP contribution is 2.28. The van der Waals surface area contributed by atoms with Gasteiger partial charge in [-0.25, -0.2) is 0 Å². The van der Waals surface area contributed by atoms with Crippen molar-refractivity contribution in [2.24, 2.45) is 0 Å². The van der Waals surface area contributed by atoms with Gasteiger partial charge in [-0.2, -0.15) is 0 Å². The lowest BCUT2D eigenvalue weighted by atomic mass is 10.0. The molecule has 77 valence electrons. The monoisotopic (exact) mass is 206 g/mol. The summed E-state index contributed by atoms with van der Waals surface area (Å²) in [5.74, 6) is 0. The molecule has 1 nitrogen and oxygen atoms in total. The van der Waals surface area contributed by atoms with Crippen LogP contribution in [0.2, 0.25) is 0 Å². The number of pyridine rings is 1. The lowest BCUT2D eigenvalue weighted by Crippen LogP contribution is -1.89. The van der Waals surface area contributed by atoms with Gasteiger partial charge >= 0.3 is 0 Å². The van der Waals surface area contributed by atoms with Gasteiger partial charge in [-0.15, -0.1) is 0 Å². The van der Waals surface area contributed by atoms with Gasteiger partial charge in [0, 0.05) is 16.5 Å². The first kappa shape index (κ1) is 9.34. The third-order valence-corrected chi connectivity index (χ3v) is 3.01. The van der Waals surface area contributed by atoms with Crippen LogP contribution in [-0.2, 0) is 0 Å². The molecule has 0 saturated carbocycles. The van der Waals surface area contributed by atoms with Crippen LogP contribution in [0, 0.1) is 13.8 Å². The van der Waals surface area contributed by atoms with E-state index in [2.05, 4.69) is 43.1 Å². The molecule has 1 heterocycles. The van der Waals surface area contributed by atoms with Crippen molar-refractivity contribution in [3.05, 3.63) is 60.6 Å². The standard InChI is InChI=1S/C15H12N/c1-10-6-5-9-14-15(10)13-8-4-3-7-12(13)11(2)16-14/h3-9H,2H2,1H3. The van der Waals surface area contributed by atoms with Gasteiger partial charge in [0.15, 0.2) is 0 Å².